The van der Waals surface area contributed by atoms with E-state index in [0.717, 1.165) is 12.1 Å². The molecule has 54 valence electrons. The molecule has 0 heterocycles. The number of hydrogen-bond donors (Lipinski definition) is 1. The molecule has 0 aromatic rings. The average Bonchev–Trinajstić information content (AvgIpc) is 1.95. The average molecular weight is 136 g/mol. The molecule has 1 aliphatic carbocycles. The van der Waals surface area contributed by atoms with E-state index in [-0.39, 0.29) is 0 Å². The third-order valence-corrected chi connectivity index (χ3v) is 1.86. The molecule has 0 aromatic carbocycles. The summed E-state index contributed by atoms with van der Waals surface area (Å²) in [6, 6.07) is 0. The van der Waals surface area contributed by atoms with Crippen molar-refractivity contribution in [2.24, 2.45) is 10.9 Å². The van der Waals surface area contributed by atoms with Gasteiger partial charge >= 0.3 is 0 Å². The second-order valence-electron chi connectivity index (χ2n) is 2.49. The van der Waals surface area contributed by atoms with Gasteiger partial charge in [0.15, 0.2) is 0 Å². The predicted octanol–water partition coefficient (Wildman–Crippen LogP) is 1.60. The van der Waals surface area contributed by atoms with Crippen LogP contribution >= 0.6 is 0 Å². The second-order valence-corrected chi connectivity index (χ2v) is 2.49. The van der Waals surface area contributed by atoms with Crippen molar-refractivity contribution in [1.29, 1.82) is 0 Å². The van der Waals surface area contributed by atoms with E-state index < -0.39 is 0 Å². The molecule has 2 heteroatoms. The predicted molar refractivity (Wildman–Crippen MR) is 43.8 cm³/mol. The molecule has 2 nitrogen and oxygen atoms in total. The summed E-state index contributed by atoms with van der Waals surface area (Å²) in [5.74, 6) is 5.18. The van der Waals surface area contributed by atoms with Crippen molar-refractivity contribution in [3.63, 3.8) is 0 Å². The summed E-state index contributed by atoms with van der Waals surface area (Å²) in [7, 11) is 0. The molecule has 0 saturated heterocycles. The molecule has 0 fully saturated rings. The lowest BCUT2D eigenvalue weighted by Crippen LogP contribution is -2.06. The Morgan fingerprint density at radius 2 is 2.20 bits per heavy atom. The van der Waals surface area contributed by atoms with Gasteiger partial charge in [0.1, 0.15) is 0 Å². The van der Waals surface area contributed by atoms with E-state index in [0.29, 0.717) is 0 Å². The highest BCUT2D eigenvalue weighted by molar-refractivity contribution is 6.02. The molecule has 0 saturated carbocycles. The third-order valence-electron chi connectivity index (χ3n) is 1.86. The van der Waals surface area contributed by atoms with Crippen LogP contribution in [0.25, 0.3) is 0 Å². The minimum absolute atomic E-state index is 0.875. The molecular formula is C8H12N2. The summed E-state index contributed by atoms with van der Waals surface area (Å²) in [6.07, 6.45) is 5.05. The van der Waals surface area contributed by atoms with Crippen molar-refractivity contribution < 1.29 is 0 Å². The van der Waals surface area contributed by atoms with Crippen LogP contribution in [0.5, 0.6) is 0 Å². The fourth-order valence-corrected chi connectivity index (χ4v) is 1.00. The van der Waals surface area contributed by atoms with Crippen molar-refractivity contribution in [1.82, 2.24) is 0 Å². The van der Waals surface area contributed by atoms with Gasteiger partial charge in [-0.05, 0) is 25.0 Å². The fourth-order valence-electron chi connectivity index (χ4n) is 1.00. The van der Waals surface area contributed by atoms with Crippen LogP contribution in [0.2, 0.25) is 0 Å². The highest BCUT2D eigenvalue weighted by Gasteiger charge is 2.05. The Bertz CT molecular complexity index is 221. The maximum Gasteiger partial charge on any atom is 0.0669 e. The number of hydrogen-bond acceptors (Lipinski definition) is 2. The van der Waals surface area contributed by atoms with Gasteiger partial charge in [0.25, 0.3) is 0 Å². The van der Waals surface area contributed by atoms with Gasteiger partial charge in [0.05, 0.1) is 5.71 Å². The van der Waals surface area contributed by atoms with E-state index >= 15 is 0 Å². The molecule has 0 bridgehead atoms. The van der Waals surface area contributed by atoms with Crippen LogP contribution in [0.1, 0.15) is 20.3 Å². The number of rotatable bonds is 0. The monoisotopic (exact) mass is 136 g/mol. The first-order valence-corrected chi connectivity index (χ1v) is 3.37. The molecule has 10 heavy (non-hydrogen) atoms. The molecule has 2 N–H and O–H groups in total. The lowest BCUT2D eigenvalue weighted by atomic mass is 9.98. The van der Waals surface area contributed by atoms with Gasteiger partial charge in [-0.1, -0.05) is 12.2 Å². The van der Waals surface area contributed by atoms with Crippen molar-refractivity contribution in [3.8, 4) is 0 Å². The number of allylic oxidation sites excluding steroid dienone is 4. The summed E-state index contributed by atoms with van der Waals surface area (Å²) in [6.45, 7) is 4.11. The SMILES string of the molecule is CC1=C(C)/C(=N/N)CC=C1. The molecule has 0 radical (unpaired) electrons. The van der Waals surface area contributed by atoms with Gasteiger partial charge in [0, 0.05) is 6.42 Å². The Balaban J connectivity index is 2.99. The third kappa shape index (κ3) is 1.10. The first-order valence-electron chi connectivity index (χ1n) is 3.37. The Labute approximate surface area is 61.1 Å². The number of nitrogens with zero attached hydrogens (tertiary/aromatic N) is 1. The van der Waals surface area contributed by atoms with Crippen molar-refractivity contribution >= 4 is 5.71 Å². The van der Waals surface area contributed by atoms with Crippen LogP contribution in [0.3, 0.4) is 0 Å². The molecule has 1 rings (SSSR count). The maximum atomic E-state index is 5.18. The smallest absolute Gasteiger partial charge is 0.0669 e. The maximum absolute atomic E-state index is 5.18. The first kappa shape index (κ1) is 7.06. The summed E-state index contributed by atoms with van der Waals surface area (Å²) in [5.41, 5.74) is 3.47. The number of hydrazone groups is 1. The van der Waals surface area contributed by atoms with Crippen molar-refractivity contribution in [2.75, 3.05) is 0 Å². The van der Waals surface area contributed by atoms with Crippen LogP contribution in [-0.2, 0) is 0 Å². The van der Waals surface area contributed by atoms with Crippen LogP contribution < -0.4 is 5.84 Å². The zero-order valence-electron chi connectivity index (χ0n) is 6.39. The minimum atomic E-state index is 0.875. The Morgan fingerprint density at radius 1 is 1.50 bits per heavy atom. The van der Waals surface area contributed by atoms with E-state index in [1.807, 2.05) is 6.92 Å². The van der Waals surface area contributed by atoms with Crippen molar-refractivity contribution in [3.05, 3.63) is 23.3 Å². The minimum Gasteiger partial charge on any atom is -0.323 e. The van der Waals surface area contributed by atoms with Crippen molar-refractivity contribution in [2.45, 2.75) is 20.3 Å². The van der Waals surface area contributed by atoms with Crippen LogP contribution in [0, 0.1) is 0 Å². The lowest BCUT2D eigenvalue weighted by Gasteiger charge is -2.09. The fraction of sp³-hybridized carbons (Fsp3) is 0.375. The number of nitrogens with two attached hydrogens (primary N) is 1. The van der Waals surface area contributed by atoms with E-state index in [4.69, 9.17) is 5.84 Å². The van der Waals surface area contributed by atoms with Gasteiger partial charge in [-0.3, -0.25) is 0 Å². The lowest BCUT2D eigenvalue weighted by molar-refractivity contribution is 1.18. The summed E-state index contributed by atoms with van der Waals surface area (Å²) in [5, 5.41) is 3.69. The van der Waals surface area contributed by atoms with Gasteiger partial charge in [-0.25, -0.2) is 0 Å². The zero-order chi connectivity index (χ0) is 7.56. The van der Waals surface area contributed by atoms with E-state index in [1.54, 1.807) is 0 Å². The zero-order valence-corrected chi connectivity index (χ0v) is 6.39. The van der Waals surface area contributed by atoms with E-state index in [2.05, 4.69) is 24.2 Å². The van der Waals surface area contributed by atoms with Gasteiger partial charge in [0.2, 0.25) is 0 Å². The molecule has 0 unspecified atom stereocenters. The molecule has 0 spiro atoms. The standard InChI is InChI=1S/C8H12N2/c1-6-4-3-5-8(10-9)7(6)2/h3-4H,5,9H2,1-2H3/b10-8+. The Hall–Kier alpha value is -1.05. The normalized spacial score (nSPS) is 22.4. The Morgan fingerprint density at radius 3 is 2.70 bits per heavy atom. The molecular weight excluding hydrogens is 124 g/mol. The highest BCUT2D eigenvalue weighted by atomic mass is 15.1. The van der Waals surface area contributed by atoms with Crippen LogP contribution in [-0.4, -0.2) is 5.71 Å². The summed E-state index contributed by atoms with van der Waals surface area (Å²) >= 11 is 0. The highest BCUT2D eigenvalue weighted by Crippen LogP contribution is 2.14. The molecule has 1 aliphatic rings. The molecule has 0 amide bonds. The van der Waals surface area contributed by atoms with Gasteiger partial charge < -0.3 is 5.84 Å². The van der Waals surface area contributed by atoms with Crippen LogP contribution in [0.4, 0.5) is 0 Å². The second kappa shape index (κ2) is 2.69. The van der Waals surface area contributed by atoms with Crippen LogP contribution in [0.15, 0.2) is 28.4 Å². The van der Waals surface area contributed by atoms with E-state index in [9.17, 15) is 0 Å². The molecule has 0 aromatic heterocycles. The first-order chi connectivity index (χ1) is 4.75. The largest absolute Gasteiger partial charge is 0.323 e. The molecule has 0 atom stereocenters. The topological polar surface area (TPSA) is 38.4 Å². The quantitative estimate of drug-likeness (QED) is 0.398. The molecule has 0 aliphatic heterocycles. The van der Waals surface area contributed by atoms with E-state index in [1.165, 1.54) is 11.1 Å². The summed E-state index contributed by atoms with van der Waals surface area (Å²) in [4.78, 5) is 0. The summed E-state index contributed by atoms with van der Waals surface area (Å²) < 4.78 is 0. The van der Waals surface area contributed by atoms with Gasteiger partial charge in [-0.15, -0.1) is 0 Å². The van der Waals surface area contributed by atoms with Gasteiger partial charge in [-0.2, -0.15) is 5.10 Å². The Kier molecular flexibility index (Phi) is 1.90.